The summed E-state index contributed by atoms with van der Waals surface area (Å²) >= 11 is 6.11. The summed E-state index contributed by atoms with van der Waals surface area (Å²) in [5, 5.41) is 11.1. The number of carbonyl (C=O) groups excluding carboxylic acids is 1. The molecule has 1 aliphatic heterocycles. The molecule has 2 N–H and O–H groups in total. The van der Waals surface area contributed by atoms with E-state index < -0.39 is 10.8 Å². The van der Waals surface area contributed by atoms with Crippen LogP contribution in [0.15, 0.2) is 30.5 Å². The fourth-order valence-electron chi connectivity index (χ4n) is 2.90. The molecule has 2 heterocycles. The Hall–Kier alpha value is -1.41. The molecule has 1 aromatic heterocycles. The first-order chi connectivity index (χ1) is 12.0. The van der Waals surface area contributed by atoms with Gasteiger partial charge in [-0.25, -0.2) is 0 Å². The normalized spacial score (nSPS) is 18.0. The zero-order valence-electron chi connectivity index (χ0n) is 14.4. The van der Waals surface area contributed by atoms with Crippen LogP contribution in [0.1, 0.15) is 34.9 Å². The summed E-state index contributed by atoms with van der Waals surface area (Å²) in [6.45, 7) is 1.91. The molecule has 1 aromatic carbocycles. The minimum atomic E-state index is -1.00. The van der Waals surface area contributed by atoms with Crippen molar-refractivity contribution in [3.8, 4) is 0 Å². The molecule has 2 unspecified atom stereocenters. The lowest BCUT2D eigenvalue weighted by Gasteiger charge is -2.22. The third kappa shape index (κ3) is 5.30. The van der Waals surface area contributed by atoms with E-state index in [1.54, 1.807) is 30.5 Å². The van der Waals surface area contributed by atoms with Crippen molar-refractivity contribution in [2.24, 2.45) is 0 Å². The standard InChI is InChI=1S/C17H21ClN4O2S.ClH/c1-25(24)11-12-9-13(4-5-15(12)18)20-17(23)16-6-8-22(21-16)14-3-2-7-19-10-14;/h4-6,8-9,14,19H,2-3,7,10-11H2,1H3,(H,20,23);1H. The Morgan fingerprint density at radius 1 is 1.46 bits per heavy atom. The van der Waals surface area contributed by atoms with Crippen molar-refractivity contribution in [1.29, 1.82) is 0 Å². The highest BCUT2D eigenvalue weighted by Gasteiger charge is 2.18. The maximum Gasteiger partial charge on any atom is 0.276 e. The first kappa shape index (κ1) is 20.9. The molecule has 3 rings (SSSR count). The summed E-state index contributed by atoms with van der Waals surface area (Å²) in [7, 11) is -1.00. The molecule has 142 valence electrons. The van der Waals surface area contributed by atoms with Crippen LogP contribution in [0, 0.1) is 0 Å². The Morgan fingerprint density at radius 3 is 2.96 bits per heavy atom. The maximum absolute atomic E-state index is 12.4. The van der Waals surface area contributed by atoms with Crippen LogP contribution in [0.25, 0.3) is 0 Å². The van der Waals surface area contributed by atoms with Crippen molar-refractivity contribution < 1.29 is 9.00 Å². The number of amides is 1. The SMILES string of the molecule is CS(=O)Cc1cc(NC(=O)c2ccn(C3CCCNC3)n2)ccc1Cl.Cl. The molecule has 1 saturated heterocycles. The van der Waals surface area contributed by atoms with Gasteiger partial charge in [0, 0.05) is 46.3 Å². The predicted molar refractivity (Wildman–Crippen MR) is 108 cm³/mol. The van der Waals surface area contributed by atoms with Gasteiger partial charge in [0.05, 0.1) is 6.04 Å². The van der Waals surface area contributed by atoms with E-state index >= 15 is 0 Å². The Bertz CT molecular complexity index is 791. The molecule has 2 atom stereocenters. The van der Waals surface area contributed by atoms with Gasteiger partial charge < -0.3 is 10.6 Å². The summed E-state index contributed by atoms with van der Waals surface area (Å²) < 4.78 is 13.3. The Labute approximate surface area is 166 Å². The monoisotopic (exact) mass is 416 g/mol. The lowest BCUT2D eigenvalue weighted by atomic mass is 10.1. The van der Waals surface area contributed by atoms with Crippen LogP contribution in [0.3, 0.4) is 0 Å². The topological polar surface area (TPSA) is 76.0 Å². The first-order valence-electron chi connectivity index (χ1n) is 8.18. The number of carbonyl (C=O) groups is 1. The second kappa shape index (κ2) is 9.50. The number of piperidine rings is 1. The summed E-state index contributed by atoms with van der Waals surface area (Å²) in [5.74, 6) is 0.0830. The number of anilines is 1. The second-order valence-electron chi connectivity index (χ2n) is 6.16. The number of halogens is 2. The molecule has 0 aliphatic carbocycles. The summed E-state index contributed by atoms with van der Waals surface area (Å²) in [6.07, 6.45) is 5.64. The minimum absolute atomic E-state index is 0. The maximum atomic E-state index is 12.4. The highest BCUT2D eigenvalue weighted by molar-refractivity contribution is 7.83. The molecule has 2 aromatic rings. The zero-order valence-corrected chi connectivity index (χ0v) is 16.8. The third-order valence-electron chi connectivity index (χ3n) is 4.15. The molecular weight excluding hydrogens is 395 g/mol. The van der Waals surface area contributed by atoms with Crippen molar-refractivity contribution in [3.63, 3.8) is 0 Å². The van der Waals surface area contributed by atoms with E-state index in [1.807, 2.05) is 10.9 Å². The van der Waals surface area contributed by atoms with Gasteiger partial charge in [0.1, 0.15) is 0 Å². The minimum Gasteiger partial charge on any atom is -0.321 e. The number of rotatable bonds is 5. The van der Waals surface area contributed by atoms with Gasteiger partial charge >= 0.3 is 0 Å². The third-order valence-corrected chi connectivity index (χ3v) is 5.23. The molecule has 1 fully saturated rings. The van der Waals surface area contributed by atoms with Crippen LogP contribution < -0.4 is 10.6 Å². The lowest BCUT2D eigenvalue weighted by molar-refractivity contribution is 0.102. The molecule has 0 bridgehead atoms. The van der Waals surface area contributed by atoms with Crippen molar-refractivity contribution in [1.82, 2.24) is 15.1 Å². The van der Waals surface area contributed by atoms with Crippen LogP contribution in [0.5, 0.6) is 0 Å². The number of nitrogens with one attached hydrogen (secondary N) is 2. The number of nitrogens with zero attached hydrogens (tertiary/aromatic N) is 2. The molecule has 0 radical (unpaired) electrons. The van der Waals surface area contributed by atoms with Crippen molar-refractivity contribution >= 4 is 46.4 Å². The van der Waals surface area contributed by atoms with Crippen LogP contribution in [0.2, 0.25) is 5.02 Å². The van der Waals surface area contributed by atoms with E-state index in [-0.39, 0.29) is 24.4 Å². The number of hydrogen-bond donors (Lipinski definition) is 2. The summed E-state index contributed by atoms with van der Waals surface area (Å²) in [4.78, 5) is 12.4. The molecule has 26 heavy (non-hydrogen) atoms. The van der Waals surface area contributed by atoms with E-state index in [2.05, 4.69) is 15.7 Å². The van der Waals surface area contributed by atoms with Crippen molar-refractivity contribution in [3.05, 3.63) is 46.7 Å². The fourth-order valence-corrected chi connectivity index (χ4v) is 3.84. The average Bonchev–Trinajstić information content (AvgIpc) is 3.08. The molecule has 1 amide bonds. The van der Waals surface area contributed by atoms with Gasteiger partial charge in [-0.05, 0) is 49.2 Å². The molecule has 6 nitrogen and oxygen atoms in total. The van der Waals surface area contributed by atoms with Gasteiger partial charge in [-0.2, -0.15) is 5.10 Å². The first-order valence-corrected chi connectivity index (χ1v) is 10.3. The molecular formula is C17H22Cl2N4O2S. The largest absolute Gasteiger partial charge is 0.321 e. The predicted octanol–water partition coefficient (Wildman–Crippen LogP) is 3.01. The fraction of sp³-hybridized carbons (Fsp3) is 0.412. The second-order valence-corrected chi connectivity index (χ2v) is 8.00. The van der Waals surface area contributed by atoms with Crippen LogP contribution in [0.4, 0.5) is 5.69 Å². The molecule has 9 heteroatoms. The number of benzene rings is 1. The van der Waals surface area contributed by atoms with Gasteiger partial charge in [0.15, 0.2) is 5.69 Å². The Morgan fingerprint density at radius 2 is 2.27 bits per heavy atom. The van der Waals surface area contributed by atoms with Gasteiger partial charge in [-0.15, -0.1) is 12.4 Å². The quantitative estimate of drug-likeness (QED) is 0.784. The van der Waals surface area contributed by atoms with Crippen molar-refractivity contribution in [2.75, 3.05) is 24.7 Å². The molecule has 0 spiro atoms. The van der Waals surface area contributed by atoms with E-state index in [0.29, 0.717) is 22.2 Å². The number of hydrogen-bond acceptors (Lipinski definition) is 4. The van der Waals surface area contributed by atoms with Crippen LogP contribution in [-0.4, -0.2) is 39.2 Å². The van der Waals surface area contributed by atoms with Gasteiger partial charge in [-0.1, -0.05) is 11.6 Å². The lowest BCUT2D eigenvalue weighted by Crippen LogP contribution is -2.32. The van der Waals surface area contributed by atoms with Crippen molar-refractivity contribution in [2.45, 2.75) is 24.6 Å². The molecule has 0 saturated carbocycles. The zero-order chi connectivity index (χ0) is 17.8. The summed E-state index contributed by atoms with van der Waals surface area (Å²) in [5.41, 5.74) is 1.74. The van der Waals surface area contributed by atoms with E-state index in [0.717, 1.165) is 31.5 Å². The highest BCUT2D eigenvalue weighted by atomic mass is 35.5. The van der Waals surface area contributed by atoms with Gasteiger partial charge in [0.2, 0.25) is 0 Å². The highest BCUT2D eigenvalue weighted by Crippen LogP contribution is 2.22. The van der Waals surface area contributed by atoms with Gasteiger partial charge in [0.25, 0.3) is 5.91 Å². The van der Waals surface area contributed by atoms with E-state index in [9.17, 15) is 9.00 Å². The smallest absolute Gasteiger partial charge is 0.276 e. The van der Waals surface area contributed by atoms with Gasteiger partial charge in [-0.3, -0.25) is 13.7 Å². The van der Waals surface area contributed by atoms with Crippen LogP contribution in [-0.2, 0) is 16.6 Å². The average molecular weight is 417 g/mol. The Balaban J connectivity index is 0.00000243. The van der Waals surface area contributed by atoms with E-state index in [4.69, 9.17) is 11.6 Å². The number of aromatic nitrogens is 2. The van der Waals surface area contributed by atoms with Crippen LogP contribution >= 0.6 is 24.0 Å². The molecule has 1 aliphatic rings. The Kier molecular flexibility index (Phi) is 7.64. The van der Waals surface area contributed by atoms with E-state index in [1.165, 1.54) is 0 Å². The summed E-state index contributed by atoms with van der Waals surface area (Å²) in [6, 6.07) is 7.19.